The first-order valence-corrected chi connectivity index (χ1v) is 16.4. The Hall–Kier alpha value is -5.01. The van der Waals surface area contributed by atoms with Crippen LogP contribution in [0.4, 0.5) is 11.5 Å². The first-order valence-electron chi connectivity index (χ1n) is 14.5. The molecule has 0 radical (unpaired) electrons. The number of hydrogen-bond donors (Lipinski definition) is 0. The Balaban J connectivity index is 1.52. The Morgan fingerprint density at radius 1 is 0.636 bits per heavy atom. The highest BCUT2D eigenvalue weighted by molar-refractivity contribution is 7.92. The van der Waals surface area contributed by atoms with Crippen LogP contribution in [0.2, 0.25) is 0 Å². The van der Waals surface area contributed by atoms with E-state index in [0.29, 0.717) is 18.9 Å². The zero-order valence-corrected chi connectivity index (χ0v) is 25.7. The van der Waals surface area contributed by atoms with E-state index in [2.05, 4.69) is 70.1 Å². The molecule has 44 heavy (non-hydrogen) atoms. The minimum atomic E-state index is -3.67. The van der Waals surface area contributed by atoms with Gasteiger partial charge in [-0.1, -0.05) is 103 Å². The van der Waals surface area contributed by atoms with Crippen molar-refractivity contribution in [2.24, 2.45) is 0 Å². The van der Waals surface area contributed by atoms with E-state index >= 15 is 0 Å². The van der Waals surface area contributed by atoms with E-state index in [-0.39, 0.29) is 6.54 Å². The first kappa shape index (κ1) is 29.1. The third kappa shape index (κ3) is 6.33. The number of aromatic nitrogens is 1. The van der Waals surface area contributed by atoms with E-state index in [1.54, 1.807) is 7.11 Å². The molecule has 222 valence electrons. The number of ether oxygens (including phenoxy) is 1. The van der Waals surface area contributed by atoms with Crippen molar-refractivity contribution in [3.8, 4) is 11.4 Å². The fourth-order valence-electron chi connectivity index (χ4n) is 5.60. The lowest BCUT2D eigenvalue weighted by molar-refractivity contribution is 0.414. The molecule has 0 aliphatic carbocycles. The van der Waals surface area contributed by atoms with E-state index in [0.717, 1.165) is 33.6 Å². The van der Waals surface area contributed by atoms with Crippen molar-refractivity contribution in [1.82, 2.24) is 4.57 Å². The SMILES string of the molecule is COc1ccc(CN(c2cc3ccccc3n2-c2ccccc2N(Cc2ccccc2)Cc2ccccc2)S(C)(=O)=O)cc1. The summed E-state index contributed by atoms with van der Waals surface area (Å²) in [6.45, 7) is 1.55. The van der Waals surface area contributed by atoms with E-state index in [1.807, 2.05) is 78.9 Å². The van der Waals surface area contributed by atoms with Crippen LogP contribution in [-0.4, -0.2) is 26.4 Å². The second-order valence-electron chi connectivity index (χ2n) is 10.8. The topological polar surface area (TPSA) is 54.8 Å². The fraction of sp³-hybridized carbons (Fsp3) is 0.135. The molecular formula is C37H35N3O3S. The zero-order valence-electron chi connectivity index (χ0n) is 24.9. The molecule has 7 heteroatoms. The Kier molecular flexibility index (Phi) is 8.39. The largest absolute Gasteiger partial charge is 0.497 e. The summed E-state index contributed by atoms with van der Waals surface area (Å²) in [5.74, 6) is 1.30. The number of para-hydroxylation sites is 3. The van der Waals surface area contributed by atoms with E-state index < -0.39 is 10.0 Å². The fourth-order valence-corrected chi connectivity index (χ4v) is 6.45. The summed E-state index contributed by atoms with van der Waals surface area (Å²) in [4.78, 5) is 2.35. The molecule has 0 unspecified atom stereocenters. The van der Waals surface area contributed by atoms with E-state index in [9.17, 15) is 8.42 Å². The normalized spacial score (nSPS) is 11.4. The van der Waals surface area contributed by atoms with Crippen LogP contribution in [-0.2, 0) is 29.7 Å². The second kappa shape index (κ2) is 12.7. The number of methoxy groups -OCH3 is 1. The lowest BCUT2D eigenvalue weighted by Crippen LogP contribution is -2.31. The number of benzene rings is 5. The lowest BCUT2D eigenvalue weighted by atomic mass is 10.1. The van der Waals surface area contributed by atoms with Crippen LogP contribution in [0.5, 0.6) is 5.75 Å². The molecule has 0 aliphatic rings. The highest BCUT2D eigenvalue weighted by Crippen LogP contribution is 2.37. The molecule has 1 heterocycles. The van der Waals surface area contributed by atoms with Crippen LogP contribution in [0.15, 0.2) is 140 Å². The Morgan fingerprint density at radius 2 is 1.18 bits per heavy atom. The number of sulfonamides is 1. The van der Waals surface area contributed by atoms with Gasteiger partial charge < -0.3 is 9.64 Å². The third-order valence-corrected chi connectivity index (χ3v) is 8.85. The average molecular weight is 602 g/mol. The van der Waals surface area contributed by atoms with Gasteiger partial charge in [0, 0.05) is 18.5 Å². The van der Waals surface area contributed by atoms with Gasteiger partial charge in [-0.05, 0) is 53.1 Å². The van der Waals surface area contributed by atoms with Crippen LogP contribution in [0.25, 0.3) is 16.6 Å². The highest BCUT2D eigenvalue weighted by atomic mass is 32.2. The summed E-state index contributed by atoms with van der Waals surface area (Å²) in [5.41, 5.74) is 6.06. The number of nitrogens with zero attached hydrogens (tertiary/aromatic N) is 3. The van der Waals surface area contributed by atoms with Crippen molar-refractivity contribution in [3.63, 3.8) is 0 Å². The van der Waals surface area contributed by atoms with Gasteiger partial charge in [0.05, 0.1) is 36.8 Å². The molecule has 6 nitrogen and oxygen atoms in total. The van der Waals surface area contributed by atoms with Gasteiger partial charge in [0.2, 0.25) is 10.0 Å². The molecule has 0 atom stereocenters. The summed E-state index contributed by atoms with van der Waals surface area (Å²) in [7, 11) is -2.05. The Bertz CT molecular complexity index is 1910. The second-order valence-corrected chi connectivity index (χ2v) is 12.7. The first-order chi connectivity index (χ1) is 21.4. The molecule has 6 rings (SSSR count). The van der Waals surface area contributed by atoms with Gasteiger partial charge in [0.15, 0.2) is 0 Å². The summed E-state index contributed by atoms with van der Waals surface area (Å²) in [6, 6.07) is 46.6. The van der Waals surface area contributed by atoms with Gasteiger partial charge in [-0.2, -0.15) is 0 Å². The molecule has 5 aromatic carbocycles. The monoisotopic (exact) mass is 601 g/mol. The number of anilines is 2. The predicted molar refractivity (Wildman–Crippen MR) is 180 cm³/mol. The van der Waals surface area contributed by atoms with E-state index in [4.69, 9.17) is 4.74 Å². The quantitative estimate of drug-likeness (QED) is 0.152. The van der Waals surface area contributed by atoms with Gasteiger partial charge in [0.25, 0.3) is 0 Å². The van der Waals surface area contributed by atoms with Gasteiger partial charge in [0.1, 0.15) is 11.6 Å². The van der Waals surface area contributed by atoms with Crippen molar-refractivity contribution in [2.75, 3.05) is 22.6 Å². The number of rotatable bonds is 11. The van der Waals surface area contributed by atoms with Crippen LogP contribution in [0, 0.1) is 0 Å². The minimum Gasteiger partial charge on any atom is -0.497 e. The van der Waals surface area contributed by atoms with Crippen molar-refractivity contribution >= 4 is 32.4 Å². The Morgan fingerprint density at radius 3 is 1.80 bits per heavy atom. The standard InChI is InChI=1S/C37H35N3O3S/c1-43-33-23-21-31(22-24-33)28-39(44(2,41)42)37-25-32-17-9-10-18-34(32)40(37)36-20-12-11-19-35(36)38(26-29-13-5-3-6-14-29)27-30-15-7-4-8-16-30/h3-25H,26-28H2,1-2H3. The molecule has 0 N–H and O–H groups in total. The molecule has 0 saturated heterocycles. The van der Waals surface area contributed by atoms with Crippen molar-refractivity contribution < 1.29 is 13.2 Å². The highest BCUT2D eigenvalue weighted by Gasteiger charge is 2.26. The number of hydrogen-bond acceptors (Lipinski definition) is 4. The van der Waals surface area contributed by atoms with Gasteiger partial charge >= 0.3 is 0 Å². The summed E-state index contributed by atoms with van der Waals surface area (Å²) >= 11 is 0. The molecule has 0 bridgehead atoms. The molecule has 0 aliphatic heterocycles. The summed E-state index contributed by atoms with van der Waals surface area (Å²) in [6.07, 6.45) is 1.27. The lowest BCUT2D eigenvalue weighted by Gasteiger charge is -2.30. The van der Waals surface area contributed by atoms with Crippen LogP contribution in [0.3, 0.4) is 0 Å². The smallest absolute Gasteiger partial charge is 0.233 e. The average Bonchev–Trinajstić information content (AvgIpc) is 3.43. The molecule has 0 amide bonds. The molecule has 6 aromatic rings. The maximum Gasteiger partial charge on any atom is 0.233 e. The molecule has 0 fully saturated rings. The van der Waals surface area contributed by atoms with Crippen molar-refractivity contribution in [1.29, 1.82) is 0 Å². The maximum atomic E-state index is 13.5. The maximum absolute atomic E-state index is 13.5. The third-order valence-electron chi connectivity index (χ3n) is 7.73. The van der Waals surface area contributed by atoms with Crippen LogP contribution < -0.4 is 13.9 Å². The zero-order chi connectivity index (χ0) is 30.5. The van der Waals surface area contributed by atoms with E-state index in [1.165, 1.54) is 21.7 Å². The molecular weight excluding hydrogens is 566 g/mol. The Labute approximate surface area is 259 Å². The summed E-state index contributed by atoms with van der Waals surface area (Å²) in [5, 5.41) is 0.957. The van der Waals surface area contributed by atoms with Crippen LogP contribution in [0.1, 0.15) is 16.7 Å². The molecule has 1 aromatic heterocycles. The summed E-state index contributed by atoms with van der Waals surface area (Å²) < 4.78 is 35.9. The number of fused-ring (bicyclic) bond motifs is 1. The molecule has 0 spiro atoms. The molecule has 0 saturated carbocycles. The van der Waals surface area contributed by atoms with Gasteiger partial charge in [-0.25, -0.2) is 8.42 Å². The van der Waals surface area contributed by atoms with Crippen molar-refractivity contribution in [2.45, 2.75) is 19.6 Å². The van der Waals surface area contributed by atoms with Crippen molar-refractivity contribution in [3.05, 3.63) is 156 Å². The van der Waals surface area contributed by atoms with Crippen LogP contribution >= 0.6 is 0 Å². The predicted octanol–water partition coefficient (Wildman–Crippen LogP) is 7.81. The van der Waals surface area contributed by atoms with Gasteiger partial charge in [-0.15, -0.1) is 0 Å². The van der Waals surface area contributed by atoms with Gasteiger partial charge in [-0.3, -0.25) is 8.87 Å². The minimum absolute atomic E-state index is 0.180.